The van der Waals surface area contributed by atoms with Gasteiger partial charge in [-0.1, -0.05) is 36.3 Å². The van der Waals surface area contributed by atoms with Gasteiger partial charge in [0, 0.05) is 103 Å². The Morgan fingerprint density at radius 3 is 1.49 bits per heavy atom. The number of nitrogens with zero attached hydrogens (tertiary/aromatic N) is 11. The molecule has 27 nitrogen and oxygen atoms in total. The number of carbonyl (C=O) groups excluding carboxylic acids is 1. The number of ether oxygens (including phenoxy) is 2. The molecule has 0 radical (unpaired) electrons. The maximum Gasteiger partial charge on any atom is 0.438 e. The minimum Gasteiger partial charge on any atom is -0.477 e. The molecule has 12 aromatic rings. The maximum atomic E-state index is 15.2. The van der Waals surface area contributed by atoms with E-state index in [4.69, 9.17) is 28.7 Å². The zero-order valence-corrected chi connectivity index (χ0v) is 61.0. The van der Waals surface area contributed by atoms with E-state index in [0.29, 0.717) is 90.0 Å². The lowest BCUT2D eigenvalue weighted by Gasteiger charge is -2.35. The van der Waals surface area contributed by atoms with Crippen LogP contribution in [0.5, 0.6) is 0 Å². The van der Waals surface area contributed by atoms with E-state index < -0.39 is 34.6 Å². The van der Waals surface area contributed by atoms with Gasteiger partial charge in [0.25, 0.3) is 5.91 Å². The fourth-order valence-corrected chi connectivity index (χ4v) is 17.3. The van der Waals surface area contributed by atoms with Crippen molar-refractivity contribution < 1.29 is 42.0 Å². The number of aryl methyl sites for hydroxylation is 2. The number of fused-ring (bicyclic) bond motifs is 4. The van der Waals surface area contributed by atoms with Gasteiger partial charge in [-0.3, -0.25) is 32.9 Å². The van der Waals surface area contributed by atoms with E-state index in [-0.39, 0.29) is 63.7 Å². The summed E-state index contributed by atoms with van der Waals surface area (Å²) in [6.45, 7) is 22.6. The number of amides is 1. The standard InChI is InChI=1S/C39H41FN8O5.C22H25N3O5.C17H18FN5O/c1-21-16-27(7-8-28(21)40)48-33(46-14-12-41-36(46)50)32-23(3)45(13-10-29(32)43-48)34(49)31-18-26-17-24(25-11-15-52-38(4,5)20-25)6-9-30(26)47(31)39(19-22(39)2)35-42-37(51)53-44-35;1-12-10-22(12,19-23-20(28)30-24-19)25-16-5-4-13(8-15(16)9-17(25)18(26)27)14-6-7-29-21(2,3)11-14;1-10-9-12(3-4-13(10)18)23-16(22-8-7-20-17(22)24)15-11(2)19-6-5-14(15)21-23/h6-9,12,14,16-18,22-23,25H,10-11,13,15,19-20H2,1-5H3,(H,41,50)(H,42,44,51);4-5,8-9,12,14H,6-7,10-11H2,1-3H3,(H,26,27)(H,23,24,28);3-4,7-9,11,19H,5-6H2,1-2H3,(H,20,24)/t22-,23-,25-,39-;12-,14-,22-;11-/m000/s1. The van der Waals surface area contributed by atoms with Crippen molar-refractivity contribution in [2.24, 2.45) is 11.8 Å². The molecule has 4 aromatic carbocycles. The Balaban J connectivity index is 0.000000136. The van der Waals surface area contributed by atoms with E-state index in [0.717, 1.165) is 95.3 Å². The van der Waals surface area contributed by atoms with Gasteiger partial charge in [0.05, 0.1) is 40.0 Å². The number of halogens is 2. The van der Waals surface area contributed by atoms with E-state index in [1.807, 2.05) is 35.4 Å². The Labute approximate surface area is 610 Å². The van der Waals surface area contributed by atoms with Crippen LogP contribution in [-0.2, 0) is 33.4 Å². The fraction of sp³-hybridized carbons (Fsp3) is 0.410. The molecule has 4 aliphatic heterocycles. The number of aromatic carboxylic acids is 1. The SMILES string of the molecule is C[C@H]1C[C@]1(c1noc(=O)[nH]1)n1c(C(=O)O)cc2cc([C@H]3CCOC(C)(C)C3)ccc21.Cc1cc(-n2nc3c(c2-n2cc[nH]c2=O)[C@H](C)N(C(=O)c2cc4cc([C@H]5CCOC(C)(C)C5)ccc4n2[C@@]2(c4noc(=O)[nH]4)C[C@@H]2C)CC3)ccc1F.Cc1cc(-n2nc3c(c2-n2cc[nH]c2=O)[C@H](C)NCC3)ccc1F. The monoisotopic (exact) mass is 1460 g/mol. The van der Waals surface area contributed by atoms with Crippen molar-refractivity contribution in [3.63, 3.8) is 0 Å². The number of benzene rings is 4. The third-order valence-corrected chi connectivity index (χ3v) is 22.9. The lowest BCUT2D eigenvalue weighted by Crippen LogP contribution is -2.41. The molecule has 2 saturated heterocycles. The molecule has 107 heavy (non-hydrogen) atoms. The smallest absolute Gasteiger partial charge is 0.438 e. The molecule has 4 fully saturated rings. The summed E-state index contributed by atoms with van der Waals surface area (Å²) in [7, 11) is 0. The number of H-pyrrole nitrogens is 4. The number of rotatable bonds is 12. The van der Waals surface area contributed by atoms with Crippen LogP contribution in [0, 0.1) is 37.3 Å². The topological polar surface area (TPSA) is 327 Å². The number of nitrogens with one attached hydrogen (secondary N) is 5. The summed E-state index contributed by atoms with van der Waals surface area (Å²) >= 11 is 0. The third-order valence-electron chi connectivity index (χ3n) is 22.9. The Morgan fingerprint density at radius 2 is 1.06 bits per heavy atom. The second-order valence-corrected chi connectivity index (χ2v) is 30.9. The fourth-order valence-electron chi connectivity index (χ4n) is 17.3. The molecule has 0 spiro atoms. The number of carboxylic acid groups (broad SMARTS) is 1. The Bertz CT molecular complexity index is 5770. The van der Waals surface area contributed by atoms with Gasteiger partial charge in [-0.15, -0.1) is 0 Å². The maximum absolute atomic E-state index is 15.2. The van der Waals surface area contributed by atoms with Crippen LogP contribution in [0.3, 0.4) is 0 Å². The van der Waals surface area contributed by atoms with Gasteiger partial charge in [0.1, 0.15) is 45.7 Å². The molecule has 1 amide bonds. The van der Waals surface area contributed by atoms with Gasteiger partial charge in [0.2, 0.25) is 0 Å². The lowest BCUT2D eigenvalue weighted by atomic mass is 9.83. The van der Waals surface area contributed by atoms with Gasteiger partial charge >= 0.3 is 28.9 Å². The number of hydrogen-bond donors (Lipinski definition) is 6. The highest BCUT2D eigenvalue weighted by Crippen LogP contribution is 2.58. The Morgan fingerprint density at radius 1 is 0.589 bits per heavy atom. The minimum absolute atomic E-state index is 0.0521. The van der Waals surface area contributed by atoms with E-state index in [9.17, 15) is 37.9 Å². The minimum atomic E-state index is -1.01. The number of aromatic amines is 4. The molecule has 8 aromatic heterocycles. The van der Waals surface area contributed by atoms with Crippen LogP contribution in [0.2, 0.25) is 0 Å². The first-order chi connectivity index (χ1) is 51.1. The van der Waals surface area contributed by atoms with Crippen molar-refractivity contribution in [2.45, 2.75) is 167 Å². The highest BCUT2D eigenvalue weighted by Gasteiger charge is 2.60. The van der Waals surface area contributed by atoms with E-state index in [2.05, 4.69) is 107 Å². The highest BCUT2D eigenvalue weighted by atomic mass is 19.1. The van der Waals surface area contributed by atoms with Crippen LogP contribution >= 0.6 is 0 Å². The summed E-state index contributed by atoms with van der Waals surface area (Å²) in [6.07, 6.45) is 12.7. The lowest BCUT2D eigenvalue weighted by molar-refractivity contribution is -0.0596. The van der Waals surface area contributed by atoms with Crippen molar-refractivity contribution in [3.05, 3.63) is 231 Å². The summed E-state index contributed by atoms with van der Waals surface area (Å²) < 4.78 is 59.9. The molecule has 8 atom stereocenters. The third kappa shape index (κ3) is 12.1. The first-order valence-electron chi connectivity index (χ1n) is 36.4. The molecule has 6 N–H and O–H groups in total. The van der Waals surface area contributed by atoms with Crippen LogP contribution in [-0.4, -0.2) is 127 Å². The molecule has 6 aliphatic rings. The first-order valence-corrected chi connectivity index (χ1v) is 36.4. The van der Waals surface area contributed by atoms with E-state index in [1.165, 1.54) is 27.8 Å². The molecule has 29 heteroatoms. The summed E-state index contributed by atoms with van der Waals surface area (Å²) in [5.41, 5.74) is 8.00. The number of aromatic nitrogens is 14. The van der Waals surface area contributed by atoms with E-state index >= 15 is 4.79 Å². The average Bonchev–Trinajstić information content (AvgIpc) is 1.53. The summed E-state index contributed by atoms with van der Waals surface area (Å²) in [5.74, 6) is -0.310. The largest absolute Gasteiger partial charge is 0.477 e. The van der Waals surface area contributed by atoms with Crippen molar-refractivity contribution in [1.29, 1.82) is 0 Å². The Hall–Kier alpha value is -11.0. The molecule has 0 unspecified atom stereocenters. The summed E-state index contributed by atoms with van der Waals surface area (Å²) in [6, 6.07) is 25.4. The molecular formula is C78H84F2N16O11. The van der Waals surface area contributed by atoms with Crippen LogP contribution in [0.25, 0.3) is 44.8 Å². The molecular weight excluding hydrogens is 1370 g/mol. The van der Waals surface area contributed by atoms with Crippen molar-refractivity contribution >= 4 is 33.7 Å². The number of carbonyl (C=O) groups is 2. The average molecular weight is 1460 g/mol. The number of imidazole rings is 2. The number of carboxylic acids is 1. The molecule has 12 heterocycles. The van der Waals surface area contributed by atoms with Crippen LogP contribution in [0.15, 0.2) is 138 Å². The molecule has 2 saturated carbocycles. The Kier molecular flexibility index (Phi) is 17.2. The normalized spacial score (nSPS) is 23.4. The summed E-state index contributed by atoms with van der Waals surface area (Å²) in [4.78, 5) is 89.1. The molecule has 2 aliphatic carbocycles. The van der Waals surface area contributed by atoms with Gasteiger partial charge in [-0.2, -0.15) is 10.2 Å². The van der Waals surface area contributed by atoms with Crippen molar-refractivity contribution in [2.75, 3.05) is 26.3 Å². The van der Waals surface area contributed by atoms with Crippen molar-refractivity contribution in [3.8, 4) is 23.0 Å². The van der Waals surface area contributed by atoms with E-state index in [1.54, 1.807) is 87.5 Å². The van der Waals surface area contributed by atoms with Gasteiger partial charge in [-0.05, 0) is 213 Å². The molecule has 18 rings (SSSR count). The van der Waals surface area contributed by atoms with Crippen LogP contribution in [0.1, 0.15) is 195 Å². The van der Waals surface area contributed by atoms with Gasteiger partial charge in [-0.25, -0.2) is 42.1 Å². The van der Waals surface area contributed by atoms with Gasteiger partial charge in [0.15, 0.2) is 11.6 Å². The van der Waals surface area contributed by atoms with Gasteiger partial charge < -0.3 is 43.9 Å². The summed E-state index contributed by atoms with van der Waals surface area (Å²) in [5, 5.41) is 32.8. The van der Waals surface area contributed by atoms with Crippen LogP contribution in [0.4, 0.5) is 8.78 Å². The second kappa shape index (κ2) is 26.2. The second-order valence-electron chi connectivity index (χ2n) is 30.9. The molecule has 0 bridgehead atoms. The quantitative estimate of drug-likeness (QED) is 0.0662. The number of hydrogen-bond acceptors (Lipinski definition) is 15. The zero-order chi connectivity index (χ0) is 75.1. The predicted molar refractivity (Wildman–Crippen MR) is 390 cm³/mol. The molecule has 556 valence electrons. The predicted octanol–water partition coefficient (Wildman–Crippen LogP) is 11.1. The first kappa shape index (κ1) is 70.3. The highest BCUT2D eigenvalue weighted by molar-refractivity contribution is 6.00. The zero-order valence-electron chi connectivity index (χ0n) is 61.0. The van der Waals surface area contributed by atoms with Crippen LogP contribution < -0.4 is 28.2 Å². The van der Waals surface area contributed by atoms with Crippen molar-refractivity contribution in [1.82, 2.24) is 78.3 Å².